The van der Waals surface area contributed by atoms with E-state index in [2.05, 4.69) is 9.97 Å². The van der Waals surface area contributed by atoms with Crippen molar-refractivity contribution in [2.24, 2.45) is 5.92 Å². The first-order chi connectivity index (χ1) is 11.0. The molecule has 3 heterocycles. The number of fused-ring (bicyclic) bond motifs is 1. The monoisotopic (exact) mass is 344 g/mol. The van der Waals surface area contributed by atoms with Crippen LogP contribution in [0.5, 0.6) is 0 Å². The lowest BCUT2D eigenvalue weighted by Crippen LogP contribution is -2.34. The van der Waals surface area contributed by atoms with Gasteiger partial charge in [-0.1, -0.05) is 0 Å². The van der Waals surface area contributed by atoms with Crippen LogP contribution >= 0.6 is 0 Å². The van der Waals surface area contributed by atoms with Gasteiger partial charge in [0.2, 0.25) is 16.0 Å². The molecule has 2 fully saturated rings. The Hall–Kier alpha value is -1.32. The van der Waals surface area contributed by atoms with E-state index in [9.17, 15) is 12.8 Å². The van der Waals surface area contributed by atoms with Crippen LogP contribution in [0.3, 0.4) is 0 Å². The summed E-state index contributed by atoms with van der Waals surface area (Å²) in [6.07, 6.45) is 3.57. The smallest absolute Gasteiger partial charge is 0.225 e. The van der Waals surface area contributed by atoms with Gasteiger partial charge >= 0.3 is 0 Å². The molecule has 2 saturated heterocycles. The molecule has 0 unspecified atom stereocenters. The highest BCUT2D eigenvalue weighted by atomic mass is 32.2. The lowest BCUT2D eigenvalue weighted by Gasteiger charge is -2.21. The molecule has 9 heteroatoms. The molecule has 0 saturated carbocycles. The van der Waals surface area contributed by atoms with Crippen LogP contribution in [-0.4, -0.2) is 67.8 Å². The summed E-state index contributed by atoms with van der Waals surface area (Å²) >= 11 is 0. The molecule has 0 radical (unpaired) electrons. The second-order valence-electron chi connectivity index (χ2n) is 5.96. The highest BCUT2D eigenvalue weighted by Gasteiger charge is 2.46. The highest BCUT2D eigenvalue weighted by molar-refractivity contribution is 7.90. The van der Waals surface area contributed by atoms with Crippen LogP contribution in [0.25, 0.3) is 0 Å². The van der Waals surface area contributed by atoms with Gasteiger partial charge in [0.25, 0.3) is 0 Å². The molecule has 0 N–H and O–H groups in total. The lowest BCUT2D eigenvalue weighted by atomic mass is 10.0. The van der Waals surface area contributed by atoms with E-state index in [0.29, 0.717) is 45.2 Å². The molecule has 0 aliphatic carbocycles. The van der Waals surface area contributed by atoms with Crippen molar-refractivity contribution in [1.82, 2.24) is 14.3 Å². The van der Waals surface area contributed by atoms with E-state index in [1.54, 1.807) is 11.4 Å². The van der Waals surface area contributed by atoms with Crippen molar-refractivity contribution >= 4 is 16.0 Å². The van der Waals surface area contributed by atoms with E-state index >= 15 is 0 Å². The summed E-state index contributed by atoms with van der Waals surface area (Å²) in [7, 11) is -1.70. The van der Waals surface area contributed by atoms with Crippen LogP contribution in [0.15, 0.2) is 12.4 Å². The summed E-state index contributed by atoms with van der Waals surface area (Å²) < 4.78 is 44.8. The molecule has 3 rings (SSSR count). The minimum absolute atomic E-state index is 0.113. The van der Waals surface area contributed by atoms with Gasteiger partial charge in [0.1, 0.15) is 0 Å². The Kier molecular flexibility index (Phi) is 4.79. The summed E-state index contributed by atoms with van der Waals surface area (Å²) in [6.45, 7) is 2.61. The van der Waals surface area contributed by atoms with Gasteiger partial charge in [-0.25, -0.2) is 22.8 Å². The minimum Gasteiger partial charge on any atom is -0.383 e. The number of halogens is 1. The van der Waals surface area contributed by atoms with E-state index in [-0.39, 0.29) is 11.2 Å². The van der Waals surface area contributed by atoms with E-state index < -0.39 is 15.8 Å². The minimum atomic E-state index is -3.27. The Morgan fingerprint density at radius 3 is 2.70 bits per heavy atom. The number of sulfonamides is 1. The molecule has 0 aromatic carbocycles. The summed E-state index contributed by atoms with van der Waals surface area (Å²) in [6, 6.07) is 0. The Bertz CT molecular complexity index is 640. The van der Waals surface area contributed by atoms with Gasteiger partial charge in [-0.15, -0.1) is 0 Å². The van der Waals surface area contributed by atoms with E-state index in [4.69, 9.17) is 4.74 Å². The summed E-state index contributed by atoms with van der Waals surface area (Å²) in [4.78, 5) is 9.92. The van der Waals surface area contributed by atoms with Crippen molar-refractivity contribution in [1.29, 1.82) is 0 Å². The standard InChI is InChI=1S/C14H21FN4O3S/c1-22-7-6-19-10-11-2-4-18(5-3-13(11)23(19,20)21)14-16-8-12(15)9-17-14/h8-9,11,13H,2-7,10H2,1H3/t11-,13+/m0/s1. The fraction of sp³-hybridized carbons (Fsp3) is 0.714. The van der Waals surface area contributed by atoms with Crippen LogP contribution in [0, 0.1) is 11.7 Å². The van der Waals surface area contributed by atoms with E-state index in [0.717, 1.165) is 18.8 Å². The molecule has 128 valence electrons. The maximum atomic E-state index is 12.9. The van der Waals surface area contributed by atoms with Crippen LogP contribution in [-0.2, 0) is 14.8 Å². The first-order valence-corrected chi connectivity index (χ1v) is 9.23. The molecule has 0 spiro atoms. The van der Waals surface area contributed by atoms with Crippen molar-refractivity contribution in [2.75, 3.05) is 44.8 Å². The maximum Gasteiger partial charge on any atom is 0.225 e. The number of methoxy groups -OCH3 is 1. The largest absolute Gasteiger partial charge is 0.383 e. The number of rotatable bonds is 4. The third-order valence-corrected chi connectivity index (χ3v) is 7.03. The zero-order valence-electron chi connectivity index (χ0n) is 13.1. The van der Waals surface area contributed by atoms with Crippen LogP contribution in [0.2, 0.25) is 0 Å². The van der Waals surface area contributed by atoms with Gasteiger partial charge in [0, 0.05) is 33.3 Å². The number of ether oxygens (including phenoxy) is 1. The Morgan fingerprint density at radius 1 is 1.30 bits per heavy atom. The Labute approximate surface area is 135 Å². The average Bonchev–Trinajstić information content (AvgIpc) is 2.68. The molecule has 23 heavy (non-hydrogen) atoms. The van der Waals surface area contributed by atoms with Gasteiger partial charge < -0.3 is 9.64 Å². The highest BCUT2D eigenvalue weighted by Crippen LogP contribution is 2.34. The lowest BCUT2D eigenvalue weighted by molar-refractivity contribution is 0.178. The van der Waals surface area contributed by atoms with Crippen molar-refractivity contribution in [3.05, 3.63) is 18.2 Å². The van der Waals surface area contributed by atoms with Gasteiger partial charge in [0.05, 0.1) is 24.3 Å². The normalized spacial score (nSPS) is 27.7. The van der Waals surface area contributed by atoms with E-state index in [1.807, 2.05) is 4.90 Å². The summed E-state index contributed by atoms with van der Waals surface area (Å²) in [5.74, 6) is 0.0964. The number of hydrogen-bond donors (Lipinski definition) is 0. The van der Waals surface area contributed by atoms with Crippen molar-refractivity contribution < 1.29 is 17.5 Å². The number of anilines is 1. The average molecular weight is 344 g/mol. The fourth-order valence-electron chi connectivity index (χ4n) is 3.38. The summed E-state index contributed by atoms with van der Waals surface area (Å²) in [5.41, 5.74) is 0. The van der Waals surface area contributed by atoms with Crippen molar-refractivity contribution in [3.8, 4) is 0 Å². The third kappa shape index (κ3) is 3.31. The predicted molar refractivity (Wildman–Crippen MR) is 83.1 cm³/mol. The topological polar surface area (TPSA) is 75.6 Å². The zero-order chi connectivity index (χ0) is 16.4. The SMILES string of the molecule is COCCN1C[C@@H]2CCN(c3ncc(F)cn3)CC[C@H]2S1(=O)=O. The molecular formula is C14H21FN4O3S. The van der Waals surface area contributed by atoms with Crippen LogP contribution < -0.4 is 4.90 Å². The van der Waals surface area contributed by atoms with Gasteiger partial charge in [-0.2, -0.15) is 4.31 Å². The Morgan fingerprint density at radius 2 is 2.00 bits per heavy atom. The third-order valence-electron chi connectivity index (χ3n) is 4.59. The number of hydrogen-bond acceptors (Lipinski definition) is 6. The van der Waals surface area contributed by atoms with Crippen molar-refractivity contribution in [3.63, 3.8) is 0 Å². The first kappa shape index (κ1) is 16.5. The van der Waals surface area contributed by atoms with Crippen molar-refractivity contribution in [2.45, 2.75) is 18.1 Å². The molecular weight excluding hydrogens is 323 g/mol. The van der Waals surface area contributed by atoms with Gasteiger partial charge in [0.15, 0.2) is 5.82 Å². The second kappa shape index (κ2) is 6.66. The molecule has 2 aliphatic rings. The first-order valence-electron chi connectivity index (χ1n) is 7.73. The quantitative estimate of drug-likeness (QED) is 0.791. The Balaban J connectivity index is 1.70. The molecule has 7 nitrogen and oxygen atoms in total. The maximum absolute atomic E-state index is 12.9. The fourth-order valence-corrected chi connectivity index (χ4v) is 5.60. The number of aromatic nitrogens is 2. The molecule has 1 aromatic heterocycles. The van der Waals surface area contributed by atoms with Gasteiger partial charge in [-0.3, -0.25) is 0 Å². The van der Waals surface area contributed by atoms with Crippen LogP contribution in [0.1, 0.15) is 12.8 Å². The second-order valence-corrected chi connectivity index (χ2v) is 8.11. The van der Waals surface area contributed by atoms with Gasteiger partial charge in [-0.05, 0) is 18.8 Å². The zero-order valence-corrected chi connectivity index (χ0v) is 13.9. The molecule has 2 aliphatic heterocycles. The predicted octanol–water partition coefficient (Wildman–Crippen LogP) is 0.492. The van der Waals surface area contributed by atoms with E-state index in [1.165, 1.54) is 0 Å². The van der Waals surface area contributed by atoms with Crippen LogP contribution in [0.4, 0.5) is 10.3 Å². The number of nitrogens with zero attached hydrogens (tertiary/aromatic N) is 4. The molecule has 0 amide bonds. The molecule has 0 bridgehead atoms. The molecule has 1 aromatic rings. The summed E-state index contributed by atoms with van der Waals surface area (Å²) in [5, 5.41) is -0.357. The molecule has 2 atom stereocenters.